The number of carbonyl (C=O) groups is 1. The highest BCUT2D eigenvalue weighted by molar-refractivity contribution is 7.18. The third-order valence-corrected chi connectivity index (χ3v) is 5.49. The van der Waals surface area contributed by atoms with Crippen molar-refractivity contribution in [2.45, 2.75) is 32.4 Å². The van der Waals surface area contributed by atoms with Crippen molar-refractivity contribution in [2.24, 2.45) is 5.92 Å². The minimum atomic E-state index is -0.684. The van der Waals surface area contributed by atoms with Crippen molar-refractivity contribution in [3.63, 3.8) is 0 Å². The predicted octanol–water partition coefficient (Wildman–Crippen LogP) is 3.15. The van der Waals surface area contributed by atoms with Crippen LogP contribution in [0.1, 0.15) is 31.3 Å². The molecule has 1 aliphatic rings. The first-order valence-corrected chi connectivity index (χ1v) is 7.73. The topological polar surface area (TPSA) is 53.4 Å². The van der Waals surface area contributed by atoms with Gasteiger partial charge in [0.2, 0.25) is 0 Å². The van der Waals surface area contributed by atoms with Gasteiger partial charge in [-0.3, -0.25) is 9.69 Å². The molecule has 0 spiro atoms. The van der Waals surface area contributed by atoms with E-state index in [4.69, 9.17) is 4.98 Å². The first kappa shape index (κ1) is 13.5. The Balaban J connectivity index is 1.85. The van der Waals surface area contributed by atoms with Gasteiger partial charge in [0.1, 0.15) is 5.01 Å². The summed E-state index contributed by atoms with van der Waals surface area (Å²) in [6.45, 7) is 4.96. The van der Waals surface area contributed by atoms with E-state index in [9.17, 15) is 9.90 Å². The van der Waals surface area contributed by atoms with Crippen molar-refractivity contribution in [3.05, 3.63) is 29.3 Å². The number of thiazole rings is 1. The van der Waals surface area contributed by atoms with Gasteiger partial charge in [0.05, 0.1) is 22.2 Å². The summed E-state index contributed by atoms with van der Waals surface area (Å²) >= 11 is 1.70. The molecule has 4 nitrogen and oxygen atoms in total. The smallest absolute Gasteiger partial charge is 0.308 e. The first-order chi connectivity index (χ1) is 9.58. The van der Waals surface area contributed by atoms with Crippen LogP contribution in [-0.4, -0.2) is 33.5 Å². The van der Waals surface area contributed by atoms with E-state index in [1.54, 1.807) is 11.3 Å². The zero-order valence-electron chi connectivity index (χ0n) is 11.6. The number of carboxylic acid groups (broad SMARTS) is 1. The molecule has 5 heteroatoms. The van der Waals surface area contributed by atoms with E-state index in [1.807, 2.05) is 25.1 Å². The zero-order chi connectivity index (χ0) is 14.3. The Morgan fingerprint density at radius 3 is 2.90 bits per heavy atom. The van der Waals surface area contributed by atoms with Gasteiger partial charge in [-0.2, -0.15) is 0 Å². The van der Waals surface area contributed by atoms with Crippen LogP contribution in [0.15, 0.2) is 24.3 Å². The molecule has 0 amide bonds. The highest BCUT2D eigenvalue weighted by Gasteiger charge is 2.38. The molecule has 1 aliphatic heterocycles. The number of carboxylic acids is 1. The minimum absolute atomic E-state index is 0.0644. The number of aromatic nitrogens is 1. The second-order valence-corrected chi connectivity index (χ2v) is 6.47. The van der Waals surface area contributed by atoms with Gasteiger partial charge in [-0.25, -0.2) is 4.98 Å². The average molecular weight is 290 g/mol. The van der Waals surface area contributed by atoms with E-state index >= 15 is 0 Å². The second-order valence-electron chi connectivity index (χ2n) is 5.41. The molecule has 1 fully saturated rings. The van der Waals surface area contributed by atoms with Crippen LogP contribution in [0, 0.1) is 5.92 Å². The first-order valence-electron chi connectivity index (χ1n) is 6.92. The van der Waals surface area contributed by atoms with E-state index in [0.29, 0.717) is 0 Å². The summed E-state index contributed by atoms with van der Waals surface area (Å²) in [6, 6.07) is 8.36. The molecule has 2 heterocycles. The van der Waals surface area contributed by atoms with Crippen LogP contribution in [0.5, 0.6) is 0 Å². The minimum Gasteiger partial charge on any atom is -0.481 e. The molecule has 0 bridgehead atoms. The van der Waals surface area contributed by atoms with Crippen LogP contribution in [0.3, 0.4) is 0 Å². The lowest BCUT2D eigenvalue weighted by molar-refractivity contribution is -0.142. The van der Waals surface area contributed by atoms with Gasteiger partial charge in [-0.15, -0.1) is 11.3 Å². The summed E-state index contributed by atoms with van der Waals surface area (Å²) in [5.74, 6) is -0.941. The van der Waals surface area contributed by atoms with Gasteiger partial charge in [-0.05, 0) is 32.4 Å². The summed E-state index contributed by atoms with van der Waals surface area (Å²) in [5.41, 5.74) is 1.03. The van der Waals surface area contributed by atoms with Crippen LogP contribution in [-0.2, 0) is 4.79 Å². The fourth-order valence-electron chi connectivity index (χ4n) is 3.05. The number of likely N-dealkylation sites (tertiary alicyclic amines) is 1. The molecular weight excluding hydrogens is 272 g/mol. The van der Waals surface area contributed by atoms with E-state index in [1.165, 1.54) is 4.70 Å². The molecule has 20 heavy (non-hydrogen) atoms. The number of para-hydroxylation sites is 1. The molecule has 3 unspecified atom stereocenters. The average Bonchev–Trinajstić information content (AvgIpc) is 3.01. The zero-order valence-corrected chi connectivity index (χ0v) is 12.4. The molecule has 0 radical (unpaired) electrons. The number of hydrogen-bond donors (Lipinski definition) is 1. The number of aliphatic carboxylic acids is 1. The number of hydrogen-bond acceptors (Lipinski definition) is 4. The number of rotatable bonds is 3. The number of fused-ring (bicyclic) bond motifs is 1. The van der Waals surface area contributed by atoms with E-state index < -0.39 is 5.97 Å². The quantitative estimate of drug-likeness (QED) is 0.943. The van der Waals surface area contributed by atoms with Gasteiger partial charge in [-0.1, -0.05) is 12.1 Å². The summed E-state index contributed by atoms with van der Waals surface area (Å²) in [6.07, 6.45) is 0.728. The van der Waals surface area contributed by atoms with E-state index in [0.717, 1.165) is 23.5 Å². The van der Waals surface area contributed by atoms with Crippen LogP contribution in [0.4, 0.5) is 0 Å². The fraction of sp³-hybridized carbons (Fsp3) is 0.467. The molecule has 1 aromatic carbocycles. The molecule has 1 saturated heterocycles. The van der Waals surface area contributed by atoms with Crippen molar-refractivity contribution in [1.29, 1.82) is 0 Å². The maximum absolute atomic E-state index is 11.2. The van der Waals surface area contributed by atoms with Crippen LogP contribution in [0.2, 0.25) is 0 Å². The summed E-state index contributed by atoms with van der Waals surface area (Å²) in [4.78, 5) is 18.2. The summed E-state index contributed by atoms with van der Waals surface area (Å²) < 4.78 is 1.19. The van der Waals surface area contributed by atoms with Crippen LogP contribution in [0.25, 0.3) is 10.2 Å². The third-order valence-electron chi connectivity index (χ3n) is 4.29. The highest BCUT2D eigenvalue weighted by Crippen LogP contribution is 2.35. The molecule has 106 valence electrons. The van der Waals surface area contributed by atoms with Gasteiger partial charge in [0, 0.05) is 12.6 Å². The SMILES string of the molecule is CC(c1nc2ccccc2s1)N1CCC(C(=O)O)C1C. The normalized spacial score (nSPS) is 25.1. The molecular formula is C15H18N2O2S. The summed E-state index contributed by atoms with van der Waals surface area (Å²) in [7, 11) is 0. The standard InChI is InChI=1S/C15H18N2O2S/c1-9-11(15(18)19)7-8-17(9)10(2)14-16-12-5-3-4-6-13(12)20-14/h3-6,9-11H,7-8H2,1-2H3,(H,18,19). The number of benzene rings is 1. The Labute approximate surface area is 122 Å². The highest BCUT2D eigenvalue weighted by atomic mass is 32.1. The molecule has 2 aromatic rings. The van der Waals surface area contributed by atoms with Crippen LogP contribution >= 0.6 is 11.3 Å². The third kappa shape index (κ3) is 2.21. The van der Waals surface area contributed by atoms with Crippen molar-refractivity contribution in [1.82, 2.24) is 9.88 Å². The number of nitrogens with zero attached hydrogens (tertiary/aromatic N) is 2. The maximum atomic E-state index is 11.2. The molecule has 0 aliphatic carbocycles. The Morgan fingerprint density at radius 2 is 2.25 bits per heavy atom. The molecule has 1 N–H and O–H groups in total. The van der Waals surface area contributed by atoms with Gasteiger partial charge in [0.25, 0.3) is 0 Å². The van der Waals surface area contributed by atoms with Crippen molar-refractivity contribution >= 4 is 27.5 Å². The molecule has 0 saturated carbocycles. The lowest BCUT2D eigenvalue weighted by Crippen LogP contribution is -2.34. The molecule has 3 rings (SSSR count). The Bertz CT molecular complexity index is 607. The fourth-order valence-corrected chi connectivity index (χ4v) is 4.09. The van der Waals surface area contributed by atoms with E-state index in [-0.39, 0.29) is 18.0 Å². The monoisotopic (exact) mass is 290 g/mol. The largest absolute Gasteiger partial charge is 0.481 e. The second kappa shape index (κ2) is 5.14. The maximum Gasteiger partial charge on any atom is 0.308 e. The Morgan fingerprint density at radius 1 is 1.50 bits per heavy atom. The van der Waals surface area contributed by atoms with Gasteiger partial charge in [0.15, 0.2) is 0 Å². The predicted molar refractivity (Wildman–Crippen MR) is 79.9 cm³/mol. The van der Waals surface area contributed by atoms with Crippen molar-refractivity contribution in [2.75, 3.05) is 6.54 Å². The van der Waals surface area contributed by atoms with E-state index in [2.05, 4.69) is 17.9 Å². The van der Waals surface area contributed by atoms with Crippen LogP contribution < -0.4 is 0 Å². The molecule has 1 aromatic heterocycles. The Hall–Kier alpha value is -1.46. The summed E-state index contributed by atoms with van der Waals surface area (Å²) in [5, 5.41) is 10.3. The Kier molecular flexibility index (Phi) is 3.48. The lowest BCUT2D eigenvalue weighted by atomic mass is 10.0. The van der Waals surface area contributed by atoms with Gasteiger partial charge >= 0.3 is 5.97 Å². The van der Waals surface area contributed by atoms with Gasteiger partial charge < -0.3 is 5.11 Å². The van der Waals surface area contributed by atoms with Crippen molar-refractivity contribution in [3.8, 4) is 0 Å². The lowest BCUT2D eigenvalue weighted by Gasteiger charge is -2.28. The van der Waals surface area contributed by atoms with Crippen molar-refractivity contribution < 1.29 is 9.90 Å². The molecule has 3 atom stereocenters.